The Labute approximate surface area is 146 Å². The smallest absolute Gasteiger partial charge is 0.186 e. The minimum Gasteiger partial charge on any atom is -0.364 e. The van der Waals surface area contributed by atoms with E-state index in [9.17, 15) is 0 Å². The molecule has 0 atom stereocenters. The minimum absolute atomic E-state index is 0.461. The summed E-state index contributed by atoms with van der Waals surface area (Å²) in [5.74, 6) is 0. The Bertz CT molecular complexity index is 840. The lowest BCUT2D eigenvalue weighted by atomic mass is 10.1. The molecular formula is C18H17N5S. The zero-order chi connectivity index (χ0) is 16.8. The average Bonchev–Trinajstić information content (AvgIpc) is 3.07. The van der Waals surface area contributed by atoms with Crippen LogP contribution in [0.5, 0.6) is 0 Å². The van der Waals surface area contributed by atoms with E-state index in [1.165, 1.54) is 0 Å². The zero-order valence-electron chi connectivity index (χ0n) is 13.2. The third-order valence-electron chi connectivity index (χ3n) is 3.41. The summed E-state index contributed by atoms with van der Waals surface area (Å²) in [4.78, 5) is 0. The lowest BCUT2D eigenvalue weighted by Gasteiger charge is -2.00. The highest BCUT2D eigenvalue weighted by atomic mass is 32.1. The van der Waals surface area contributed by atoms with Crippen LogP contribution in [-0.2, 0) is 0 Å². The summed E-state index contributed by atoms with van der Waals surface area (Å²) in [6, 6.07) is 20.0. The molecule has 0 bridgehead atoms. The second-order valence-corrected chi connectivity index (χ2v) is 5.44. The van der Waals surface area contributed by atoms with E-state index in [0.29, 0.717) is 5.11 Å². The van der Waals surface area contributed by atoms with Crippen molar-refractivity contribution < 1.29 is 0 Å². The molecule has 0 unspecified atom stereocenters. The fourth-order valence-corrected chi connectivity index (χ4v) is 2.28. The fourth-order valence-electron chi connectivity index (χ4n) is 2.23. The monoisotopic (exact) mass is 335 g/mol. The van der Waals surface area contributed by atoms with Gasteiger partial charge in [-0.3, -0.25) is 5.43 Å². The number of nitrogens with zero attached hydrogens (tertiary/aromatic N) is 3. The Balaban J connectivity index is 1.99. The first-order valence-electron chi connectivity index (χ1n) is 7.49. The number of aromatic nitrogens is 2. The van der Waals surface area contributed by atoms with Gasteiger partial charge in [-0.1, -0.05) is 48.5 Å². The van der Waals surface area contributed by atoms with Crippen LogP contribution < -0.4 is 10.7 Å². The highest BCUT2D eigenvalue weighted by Crippen LogP contribution is 2.22. The number of nitrogens with one attached hydrogen (secondary N) is 2. The molecule has 0 spiro atoms. The van der Waals surface area contributed by atoms with Gasteiger partial charge in [0.05, 0.1) is 11.9 Å². The predicted octanol–water partition coefficient (Wildman–Crippen LogP) is 2.97. The maximum absolute atomic E-state index is 5.02. The molecule has 0 radical (unpaired) electrons. The summed E-state index contributed by atoms with van der Waals surface area (Å²) in [7, 11) is 1.74. The molecule has 3 rings (SSSR count). The summed E-state index contributed by atoms with van der Waals surface area (Å²) in [5.41, 5.74) is 6.55. The molecule has 1 heterocycles. The number of hydrazone groups is 1. The van der Waals surface area contributed by atoms with Crippen LogP contribution in [0.25, 0.3) is 16.9 Å². The van der Waals surface area contributed by atoms with Gasteiger partial charge in [0, 0.05) is 24.4 Å². The summed E-state index contributed by atoms with van der Waals surface area (Å²) < 4.78 is 1.85. The zero-order valence-corrected chi connectivity index (χ0v) is 14.0. The first-order valence-corrected chi connectivity index (χ1v) is 7.90. The van der Waals surface area contributed by atoms with Crippen molar-refractivity contribution in [1.82, 2.24) is 20.5 Å². The molecule has 0 saturated heterocycles. The van der Waals surface area contributed by atoms with Crippen molar-refractivity contribution in [2.24, 2.45) is 5.10 Å². The highest BCUT2D eigenvalue weighted by molar-refractivity contribution is 7.80. The number of thiocarbonyl (C=S) groups is 1. The molecule has 5 nitrogen and oxygen atoms in total. The van der Waals surface area contributed by atoms with Crippen molar-refractivity contribution >= 4 is 23.5 Å². The molecule has 3 aromatic rings. The van der Waals surface area contributed by atoms with Crippen LogP contribution in [-0.4, -0.2) is 28.2 Å². The molecule has 2 N–H and O–H groups in total. The molecule has 0 aliphatic rings. The van der Waals surface area contributed by atoms with Gasteiger partial charge in [0.1, 0.15) is 5.69 Å². The first kappa shape index (κ1) is 15.9. The second-order valence-electron chi connectivity index (χ2n) is 5.03. The third kappa shape index (κ3) is 3.67. The molecule has 0 saturated carbocycles. The standard InChI is InChI=1S/C18H17N5S/c1-19-18(24)21-20-12-15-13-23(16-10-6-3-7-11-16)22-17(15)14-8-4-2-5-9-14/h2-13H,1H3,(H2,19,21,24). The molecule has 1 aromatic heterocycles. The highest BCUT2D eigenvalue weighted by Gasteiger charge is 2.10. The maximum atomic E-state index is 5.02. The van der Waals surface area contributed by atoms with Crippen LogP contribution in [0.3, 0.4) is 0 Å². The lowest BCUT2D eigenvalue weighted by Crippen LogP contribution is -2.28. The third-order valence-corrected chi connectivity index (χ3v) is 3.70. The van der Waals surface area contributed by atoms with Gasteiger partial charge >= 0.3 is 0 Å². The summed E-state index contributed by atoms with van der Waals surface area (Å²) in [6.45, 7) is 0. The van der Waals surface area contributed by atoms with E-state index in [4.69, 9.17) is 17.3 Å². The van der Waals surface area contributed by atoms with Crippen molar-refractivity contribution in [2.75, 3.05) is 7.05 Å². The Morgan fingerprint density at radius 3 is 2.42 bits per heavy atom. The molecule has 2 aromatic carbocycles. The SMILES string of the molecule is CNC(=S)NN=Cc1cn(-c2ccccc2)nc1-c1ccccc1. The average molecular weight is 335 g/mol. The Hall–Kier alpha value is -2.99. The molecule has 0 aliphatic carbocycles. The fraction of sp³-hybridized carbons (Fsp3) is 0.0556. The van der Waals surface area contributed by atoms with E-state index >= 15 is 0 Å². The second kappa shape index (κ2) is 7.52. The largest absolute Gasteiger partial charge is 0.364 e. The van der Waals surface area contributed by atoms with E-state index in [1.807, 2.05) is 71.5 Å². The minimum atomic E-state index is 0.461. The van der Waals surface area contributed by atoms with Crippen LogP contribution in [0.4, 0.5) is 0 Å². The van der Waals surface area contributed by atoms with Crippen molar-refractivity contribution in [1.29, 1.82) is 0 Å². The topological polar surface area (TPSA) is 54.2 Å². The van der Waals surface area contributed by atoms with Crippen LogP contribution in [0.2, 0.25) is 0 Å². The van der Waals surface area contributed by atoms with Gasteiger partial charge in [-0.05, 0) is 24.4 Å². The van der Waals surface area contributed by atoms with Gasteiger partial charge in [0.2, 0.25) is 0 Å². The number of benzene rings is 2. The summed E-state index contributed by atoms with van der Waals surface area (Å²) >= 11 is 5.02. The van der Waals surface area contributed by atoms with E-state index in [-0.39, 0.29) is 0 Å². The van der Waals surface area contributed by atoms with Gasteiger partial charge < -0.3 is 5.32 Å². The van der Waals surface area contributed by atoms with Crippen LogP contribution >= 0.6 is 12.2 Å². The van der Waals surface area contributed by atoms with E-state index in [1.54, 1.807) is 13.3 Å². The van der Waals surface area contributed by atoms with E-state index in [0.717, 1.165) is 22.5 Å². The Morgan fingerprint density at radius 2 is 1.75 bits per heavy atom. The van der Waals surface area contributed by atoms with Gasteiger partial charge in [-0.15, -0.1) is 0 Å². The van der Waals surface area contributed by atoms with Crippen LogP contribution in [0.15, 0.2) is 72.0 Å². The van der Waals surface area contributed by atoms with Crippen molar-refractivity contribution in [2.45, 2.75) is 0 Å². The van der Waals surface area contributed by atoms with Crippen molar-refractivity contribution in [3.05, 3.63) is 72.4 Å². The van der Waals surface area contributed by atoms with Gasteiger partial charge in [-0.2, -0.15) is 10.2 Å². The predicted molar refractivity (Wildman–Crippen MR) is 101 cm³/mol. The molecule has 0 amide bonds. The Kier molecular flexibility index (Phi) is 4.98. The lowest BCUT2D eigenvalue weighted by molar-refractivity contribution is 0.884. The first-order chi connectivity index (χ1) is 11.8. The molecule has 24 heavy (non-hydrogen) atoms. The van der Waals surface area contributed by atoms with E-state index < -0.39 is 0 Å². The Morgan fingerprint density at radius 1 is 1.08 bits per heavy atom. The maximum Gasteiger partial charge on any atom is 0.186 e. The van der Waals surface area contributed by atoms with E-state index in [2.05, 4.69) is 15.8 Å². The van der Waals surface area contributed by atoms with Crippen LogP contribution in [0.1, 0.15) is 5.56 Å². The molecule has 120 valence electrons. The molecule has 6 heteroatoms. The summed E-state index contributed by atoms with van der Waals surface area (Å²) in [6.07, 6.45) is 3.67. The molecule has 0 fully saturated rings. The number of para-hydroxylation sites is 1. The molecular weight excluding hydrogens is 318 g/mol. The van der Waals surface area contributed by atoms with Gasteiger partial charge in [0.25, 0.3) is 0 Å². The van der Waals surface area contributed by atoms with Crippen LogP contribution in [0, 0.1) is 0 Å². The quantitative estimate of drug-likeness (QED) is 0.437. The van der Waals surface area contributed by atoms with Gasteiger partial charge in [-0.25, -0.2) is 4.68 Å². The van der Waals surface area contributed by atoms with Crippen molar-refractivity contribution in [3.8, 4) is 16.9 Å². The number of rotatable bonds is 4. The normalized spacial score (nSPS) is 10.7. The number of hydrogen-bond acceptors (Lipinski definition) is 3. The van der Waals surface area contributed by atoms with Gasteiger partial charge in [0.15, 0.2) is 5.11 Å². The number of hydrogen-bond donors (Lipinski definition) is 2. The summed E-state index contributed by atoms with van der Waals surface area (Å²) in [5, 5.41) is 12.2. The van der Waals surface area contributed by atoms with Crippen molar-refractivity contribution in [3.63, 3.8) is 0 Å². The molecule has 0 aliphatic heterocycles.